The van der Waals surface area contributed by atoms with Crippen LogP contribution in [0.5, 0.6) is 0 Å². The third kappa shape index (κ3) is 2.59. The van der Waals surface area contributed by atoms with Gasteiger partial charge in [0.25, 0.3) is 0 Å². The molecule has 0 spiro atoms. The van der Waals surface area contributed by atoms with Crippen LogP contribution in [0, 0.1) is 5.41 Å². The van der Waals surface area contributed by atoms with E-state index in [0.29, 0.717) is 12.1 Å². The SMILES string of the molecule is N=C(N)c1ccc2c(c1)c1ccccc1n2Cc1ccc(C(=O)O)cc1. The average Bonchev–Trinajstić information content (AvgIpc) is 2.96. The van der Waals surface area contributed by atoms with E-state index in [1.807, 2.05) is 42.5 Å². The van der Waals surface area contributed by atoms with Crippen molar-refractivity contribution in [1.82, 2.24) is 4.57 Å². The molecule has 0 bridgehead atoms. The van der Waals surface area contributed by atoms with Gasteiger partial charge in [-0.05, 0) is 42.0 Å². The molecule has 0 aliphatic heterocycles. The molecule has 0 aliphatic carbocycles. The smallest absolute Gasteiger partial charge is 0.335 e. The van der Waals surface area contributed by atoms with Gasteiger partial charge in [-0.1, -0.05) is 30.3 Å². The van der Waals surface area contributed by atoms with Gasteiger partial charge in [-0.25, -0.2) is 4.79 Å². The van der Waals surface area contributed by atoms with Crippen LogP contribution in [0.4, 0.5) is 0 Å². The molecule has 4 rings (SSSR count). The van der Waals surface area contributed by atoms with Crippen LogP contribution in [0.15, 0.2) is 66.7 Å². The van der Waals surface area contributed by atoms with E-state index in [0.717, 1.165) is 27.4 Å². The Kier molecular flexibility index (Phi) is 3.69. The highest BCUT2D eigenvalue weighted by molar-refractivity contribution is 6.10. The topological polar surface area (TPSA) is 92.1 Å². The zero-order valence-electron chi connectivity index (χ0n) is 13.9. The number of carboxylic acid groups (broad SMARTS) is 1. The van der Waals surface area contributed by atoms with Crippen LogP contribution in [-0.4, -0.2) is 21.5 Å². The number of nitrogens with one attached hydrogen (secondary N) is 1. The molecular weight excluding hydrogens is 326 g/mol. The number of fused-ring (bicyclic) bond motifs is 3. The number of para-hydroxylation sites is 1. The summed E-state index contributed by atoms with van der Waals surface area (Å²) < 4.78 is 2.20. The first kappa shape index (κ1) is 15.9. The minimum atomic E-state index is -0.926. The van der Waals surface area contributed by atoms with Crippen molar-refractivity contribution in [3.8, 4) is 0 Å². The maximum absolute atomic E-state index is 11.0. The minimum Gasteiger partial charge on any atom is -0.478 e. The van der Waals surface area contributed by atoms with Crippen LogP contribution in [0.1, 0.15) is 21.5 Å². The quantitative estimate of drug-likeness (QED) is 0.388. The molecular formula is C21H17N3O2. The predicted octanol–water partition coefficient (Wildman–Crippen LogP) is 3.83. The van der Waals surface area contributed by atoms with Crippen molar-refractivity contribution in [3.63, 3.8) is 0 Å². The van der Waals surface area contributed by atoms with E-state index in [-0.39, 0.29) is 11.4 Å². The molecule has 0 amide bonds. The second kappa shape index (κ2) is 6.04. The minimum absolute atomic E-state index is 0.0491. The summed E-state index contributed by atoms with van der Waals surface area (Å²) in [5.74, 6) is -0.877. The van der Waals surface area contributed by atoms with Crippen LogP contribution in [0.25, 0.3) is 21.8 Å². The van der Waals surface area contributed by atoms with E-state index in [9.17, 15) is 4.79 Å². The van der Waals surface area contributed by atoms with E-state index in [2.05, 4.69) is 16.7 Å². The molecule has 0 radical (unpaired) electrons. The van der Waals surface area contributed by atoms with Gasteiger partial charge >= 0.3 is 5.97 Å². The number of amidine groups is 1. The number of benzene rings is 3. The Hall–Kier alpha value is -3.60. The molecule has 1 aromatic heterocycles. The van der Waals surface area contributed by atoms with Crippen molar-refractivity contribution in [1.29, 1.82) is 5.41 Å². The molecule has 128 valence electrons. The highest BCUT2D eigenvalue weighted by Crippen LogP contribution is 2.30. The Balaban J connectivity index is 1.87. The highest BCUT2D eigenvalue weighted by Gasteiger charge is 2.12. The Morgan fingerprint density at radius 3 is 2.27 bits per heavy atom. The molecule has 5 nitrogen and oxygen atoms in total. The maximum Gasteiger partial charge on any atom is 0.335 e. The molecule has 0 aliphatic rings. The number of carbonyl (C=O) groups is 1. The van der Waals surface area contributed by atoms with Gasteiger partial charge in [0.05, 0.1) is 5.56 Å². The number of nitrogens with zero attached hydrogens (tertiary/aromatic N) is 1. The van der Waals surface area contributed by atoms with Crippen LogP contribution >= 0.6 is 0 Å². The first-order valence-electron chi connectivity index (χ1n) is 8.22. The molecule has 0 atom stereocenters. The molecule has 3 aromatic carbocycles. The number of nitrogens with two attached hydrogens (primary N) is 1. The van der Waals surface area contributed by atoms with Crippen LogP contribution in [0.2, 0.25) is 0 Å². The number of aromatic nitrogens is 1. The normalized spacial score (nSPS) is 11.1. The first-order valence-corrected chi connectivity index (χ1v) is 8.22. The van der Waals surface area contributed by atoms with Crippen molar-refractivity contribution >= 4 is 33.6 Å². The largest absolute Gasteiger partial charge is 0.478 e. The maximum atomic E-state index is 11.0. The van der Waals surface area contributed by atoms with Crippen LogP contribution in [0.3, 0.4) is 0 Å². The number of aromatic carboxylic acids is 1. The summed E-state index contributed by atoms with van der Waals surface area (Å²) in [6, 6.07) is 20.8. The second-order valence-electron chi connectivity index (χ2n) is 6.25. The molecule has 1 heterocycles. The molecule has 4 aromatic rings. The molecule has 4 N–H and O–H groups in total. The van der Waals surface area contributed by atoms with Crippen molar-refractivity contribution in [3.05, 3.63) is 83.4 Å². The van der Waals surface area contributed by atoms with Gasteiger partial charge in [0.1, 0.15) is 5.84 Å². The van der Waals surface area contributed by atoms with Gasteiger partial charge in [-0.3, -0.25) is 5.41 Å². The fourth-order valence-electron chi connectivity index (χ4n) is 3.33. The zero-order valence-corrected chi connectivity index (χ0v) is 13.9. The standard InChI is InChI=1S/C21H17N3O2/c22-20(23)15-9-10-19-17(11-15)16-3-1-2-4-18(16)24(19)12-13-5-7-14(8-6-13)21(25)26/h1-11H,12H2,(H3,22,23)(H,25,26). The lowest BCUT2D eigenvalue weighted by Gasteiger charge is -2.08. The van der Waals surface area contributed by atoms with Crippen molar-refractivity contribution in [2.24, 2.45) is 5.73 Å². The number of hydrogen-bond donors (Lipinski definition) is 3. The summed E-state index contributed by atoms with van der Waals surface area (Å²) in [4.78, 5) is 11.0. The van der Waals surface area contributed by atoms with Gasteiger partial charge < -0.3 is 15.4 Å². The van der Waals surface area contributed by atoms with E-state index < -0.39 is 5.97 Å². The van der Waals surface area contributed by atoms with Crippen molar-refractivity contribution in [2.45, 2.75) is 6.54 Å². The first-order chi connectivity index (χ1) is 12.5. The Morgan fingerprint density at radius 1 is 0.923 bits per heavy atom. The van der Waals surface area contributed by atoms with E-state index in [1.54, 1.807) is 12.1 Å². The summed E-state index contributed by atoms with van der Waals surface area (Å²) in [5, 5.41) is 18.9. The molecule has 0 unspecified atom stereocenters. The summed E-state index contributed by atoms with van der Waals surface area (Å²) in [6.45, 7) is 0.628. The lowest BCUT2D eigenvalue weighted by atomic mass is 10.1. The Labute approximate surface area is 149 Å². The van der Waals surface area contributed by atoms with Gasteiger partial charge in [-0.15, -0.1) is 0 Å². The van der Waals surface area contributed by atoms with Crippen LogP contribution < -0.4 is 5.73 Å². The summed E-state index contributed by atoms with van der Waals surface area (Å²) in [6.07, 6.45) is 0. The number of hydrogen-bond acceptors (Lipinski definition) is 2. The number of nitrogen functional groups attached to an aromatic ring is 1. The monoisotopic (exact) mass is 343 g/mol. The molecule has 0 fully saturated rings. The van der Waals surface area contributed by atoms with E-state index >= 15 is 0 Å². The Morgan fingerprint density at radius 2 is 1.58 bits per heavy atom. The molecule has 26 heavy (non-hydrogen) atoms. The van der Waals surface area contributed by atoms with E-state index in [4.69, 9.17) is 16.2 Å². The number of rotatable bonds is 4. The van der Waals surface area contributed by atoms with Gasteiger partial charge in [0.2, 0.25) is 0 Å². The van der Waals surface area contributed by atoms with Crippen molar-refractivity contribution in [2.75, 3.05) is 0 Å². The molecule has 0 saturated heterocycles. The third-order valence-electron chi connectivity index (χ3n) is 4.62. The second-order valence-corrected chi connectivity index (χ2v) is 6.25. The Bertz CT molecular complexity index is 1160. The van der Waals surface area contributed by atoms with Gasteiger partial charge in [0, 0.05) is 33.9 Å². The van der Waals surface area contributed by atoms with Gasteiger partial charge in [0.15, 0.2) is 0 Å². The van der Waals surface area contributed by atoms with E-state index in [1.165, 1.54) is 0 Å². The summed E-state index contributed by atoms with van der Waals surface area (Å²) in [5.41, 5.74) is 9.79. The fourth-order valence-corrected chi connectivity index (χ4v) is 3.33. The molecule has 5 heteroatoms. The van der Waals surface area contributed by atoms with Gasteiger partial charge in [-0.2, -0.15) is 0 Å². The number of carboxylic acids is 1. The van der Waals surface area contributed by atoms with Crippen molar-refractivity contribution < 1.29 is 9.90 Å². The predicted molar refractivity (Wildman–Crippen MR) is 103 cm³/mol. The highest BCUT2D eigenvalue weighted by atomic mass is 16.4. The lowest BCUT2D eigenvalue weighted by molar-refractivity contribution is 0.0697. The third-order valence-corrected chi connectivity index (χ3v) is 4.62. The summed E-state index contributed by atoms with van der Waals surface area (Å²) >= 11 is 0. The van der Waals surface area contributed by atoms with Crippen LogP contribution in [-0.2, 0) is 6.54 Å². The lowest BCUT2D eigenvalue weighted by Crippen LogP contribution is -2.10. The zero-order chi connectivity index (χ0) is 18.3. The molecule has 0 saturated carbocycles. The fraction of sp³-hybridized carbons (Fsp3) is 0.0476. The average molecular weight is 343 g/mol. The summed E-state index contributed by atoms with van der Waals surface area (Å²) in [7, 11) is 0.